The van der Waals surface area contributed by atoms with Crippen molar-refractivity contribution in [2.45, 2.75) is 25.5 Å². The molecule has 0 bridgehead atoms. The van der Waals surface area contributed by atoms with Crippen LogP contribution in [0, 0.1) is 0 Å². The topological polar surface area (TPSA) is 74.4 Å². The van der Waals surface area contributed by atoms with E-state index in [1.165, 1.54) is 0 Å². The van der Waals surface area contributed by atoms with E-state index >= 15 is 0 Å². The predicted molar refractivity (Wildman–Crippen MR) is 77.0 cm³/mol. The molecule has 1 saturated heterocycles. The molecule has 0 amide bonds. The van der Waals surface area contributed by atoms with E-state index in [0.717, 1.165) is 19.6 Å². The minimum Gasteiger partial charge on any atom is -0.422 e. The number of fused-ring (bicyclic) bond motifs is 1. The van der Waals surface area contributed by atoms with E-state index < -0.39 is 0 Å². The highest BCUT2D eigenvalue weighted by molar-refractivity contribution is 6.29. The third-order valence-corrected chi connectivity index (χ3v) is 3.71. The number of likely N-dealkylation sites (tertiary alicyclic amines) is 1. The maximum atomic E-state index is 9.87. The number of anilines is 1. The Morgan fingerprint density at radius 3 is 3.10 bits per heavy atom. The van der Waals surface area contributed by atoms with Gasteiger partial charge in [0.15, 0.2) is 5.58 Å². The molecule has 1 aliphatic heterocycles. The number of β-amino-alcohol motifs (C(OH)–C–C–N with tert-alkyl or cyclic N) is 1. The summed E-state index contributed by atoms with van der Waals surface area (Å²) in [7, 11) is 0. The lowest BCUT2D eigenvalue weighted by Gasteiger charge is -2.34. The van der Waals surface area contributed by atoms with Gasteiger partial charge in [0.1, 0.15) is 5.15 Å². The molecular formula is C13H17ClN4O2. The number of aromatic nitrogens is 2. The van der Waals surface area contributed by atoms with Crippen LogP contribution in [0.1, 0.15) is 13.3 Å². The Balaban J connectivity index is 1.75. The number of aliphatic hydroxyl groups is 1. The number of hydrogen-bond donors (Lipinski definition) is 2. The van der Waals surface area contributed by atoms with E-state index in [4.69, 9.17) is 16.0 Å². The molecule has 20 heavy (non-hydrogen) atoms. The van der Waals surface area contributed by atoms with E-state index in [0.29, 0.717) is 28.8 Å². The number of piperidine rings is 1. The fourth-order valence-electron chi connectivity index (χ4n) is 2.56. The third kappa shape index (κ3) is 2.87. The second-order valence-corrected chi connectivity index (χ2v) is 5.44. The van der Waals surface area contributed by atoms with E-state index in [1.807, 2.05) is 0 Å². The molecule has 108 valence electrons. The molecule has 2 atom stereocenters. The highest BCUT2D eigenvalue weighted by atomic mass is 35.5. The van der Waals surface area contributed by atoms with Crippen molar-refractivity contribution < 1.29 is 9.52 Å². The van der Waals surface area contributed by atoms with Crippen molar-refractivity contribution in [3.05, 3.63) is 17.3 Å². The quantitative estimate of drug-likeness (QED) is 0.841. The average molecular weight is 297 g/mol. The number of nitrogens with one attached hydrogen (secondary N) is 1. The lowest BCUT2D eigenvalue weighted by molar-refractivity contribution is 0.0667. The van der Waals surface area contributed by atoms with Gasteiger partial charge < -0.3 is 14.8 Å². The van der Waals surface area contributed by atoms with Crippen LogP contribution in [0.3, 0.4) is 0 Å². The van der Waals surface area contributed by atoms with Crippen molar-refractivity contribution in [2.75, 3.05) is 25.0 Å². The van der Waals surface area contributed by atoms with Gasteiger partial charge in [-0.15, -0.1) is 0 Å². The molecule has 0 aliphatic carbocycles. The zero-order valence-corrected chi connectivity index (χ0v) is 12.0. The fourth-order valence-corrected chi connectivity index (χ4v) is 2.70. The van der Waals surface area contributed by atoms with Gasteiger partial charge >= 0.3 is 0 Å². The van der Waals surface area contributed by atoms with Crippen LogP contribution in [-0.4, -0.2) is 51.8 Å². The Morgan fingerprint density at radius 2 is 2.30 bits per heavy atom. The summed E-state index contributed by atoms with van der Waals surface area (Å²) < 4.78 is 5.59. The maximum absolute atomic E-state index is 9.87. The zero-order valence-electron chi connectivity index (χ0n) is 11.2. The summed E-state index contributed by atoms with van der Waals surface area (Å²) in [5, 5.41) is 13.5. The number of rotatable bonds is 3. The number of likely N-dealkylation sites (N-methyl/N-ethyl adjacent to an activating group) is 1. The lowest BCUT2D eigenvalue weighted by atomic mass is 10.0. The second-order valence-electron chi connectivity index (χ2n) is 5.06. The zero-order chi connectivity index (χ0) is 14.1. The van der Waals surface area contributed by atoms with E-state index in [2.05, 4.69) is 27.1 Å². The summed E-state index contributed by atoms with van der Waals surface area (Å²) in [6, 6.07) is 3.95. The van der Waals surface area contributed by atoms with Crippen LogP contribution in [0.5, 0.6) is 0 Å². The van der Waals surface area contributed by atoms with Crippen LogP contribution in [0.2, 0.25) is 5.15 Å². The Hall–Kier alpha value is -1.37. The van der Waals surface area contributed by atoms with Crippen LogP contribution in [-0.2, 0) is 0 Å². The van der Waals surface area contributed by atoms with Crippen LogP contribution >= 0.6 is 11.6 Å². The van der Waals surface area contributed by atoms with E-state index in [-0.39, 0.29) is 12.1 Å². The minimum absolute atomic E-state index is 0.113. The highest BCUT2D eigenvalue weighted by Gasteiger charge is 2.26. The molecule has 3 heterocycles. The average Bonchev–Trinajstić information content (AvgIpc) is 2.79. The smallest absolute Gasteiger partial charge is 0.297 e. The van der Waals surface area contributed by atoms with Gasteiger partial charge in [-0.25, -0.2) is 4.98 Å². The van der Waals surface area contributed by atoms with Gasteiger partial charge in [-0.3, -0.25) is 4.90 Å². The van der Waals surface area contributed by atoms with Crippen molar-refractivity contribution in [3.63, 3.8) is 0 Å². The van der Waals surface area contributed by atoms with Crippen molar-refractivity contribution >= 4 is 28.8 Å². The predicted octanol–water partition coefficient (Wildman–Crippen LogP) is 1.74. The first-order valence-corrected chi connectivity index (χ1v) is 7.12. The summed E-state index contributed by atoms with van der Waals surface area (Å²) >= 11 is 5.82. The highest BCUT2D eigenvalue weighted by Crippen LogP contribution is 2.21. The molecule has 3 rings (SSSR count). The van der Waals surface area contributed by atoms with Crippen molar-refractivity contribution in [2.24, 2.45) is 0 Å². The third-order valence-electron chi connectivity index (χ3n) is 3.50. The second kappa shape index (κ2) is 5.55. The van der Waals surface area contributed by atoms with Crippen molar-refractivity contribution in [1.29, 1.82) is 0 Å². The lowest BCUT2D eigenvalue weighted by Crippen LogP contribution is -2.48. The van der Waals surface area contributed by atoms with Crippen LogP contribution in [0.15, 0.2) is 16.5 Å². The first-order valence-electron chi connectivity index (χ1n) is 6.74. The summed E-state index contributed by atoms with van der Waals surface area (Å²) in [5.41, 5.74) is 1.09. The Labute approximate surface area is 121 Å². The molecule has 0 saturated carbocycles. The van der Waals surface area contributed by atoms with Gasteiger partial charge in [-0.1, -0.05) is 18.5 Å². The maximum Gasteiger partial charge on any atom is 0.297 e. The SMILES string of the molecule is CCN1C[C@H](O)C[C@@H](Nc2nc3nc(Cl)ccc3o2)C1. The fraction of sp³-hybridized carbons (Fsp3) is 0.538. The molecule has 0 aromatic carbocycles. The largest absolute Gasteiger partial charge is 0.422 e. The number of halogens is 1. The molecule has 1 fully saturated rings. The molecule has 2 N–H and O–H groups in total. The molecule has 2 aromatic heterocycles. The van der Waals surface area contributed by atoms with Gasteiger partial charge in [-0.2, -0.15) is 4.98 Å². The molecular weight excluding hydrogens is 280 g/mol. The minimum atomic E-state index is -0.321. The molecule has 7 heteroatoms. The summed E-state index contributed by atoms with van der Waals surface area (Å²) in [6.45, 7) is 4.58. The summed E-state index contributed by atoms with van der Waals surface area (Å²) in [5.74, 6) is 0. The van der Waals surface area contributed by atoms with Gasteiger partial charge in [0.05, 0.1) is 6.10 Å². The monoisotopic (exact) mass is 296 g/mol. The number of oxazole rings is 1. The number of pyridine rings is 1. The van der Waals surface area contributed by atoms with E-state index in [9.17, 15) is 5.11 Å². The molecule has 6 nitrogen and oxygen atoms in total. The number of nitrogens with zero attached hydrogens (tertiary/aromatic N) is 3. The Morgan fingerprint density at radius 1 is 1.45 bits per heavy atom. The van der Waals surface area contributed by atoms with Gasteiger partial charge in [0, 0.05) is 19.1 Å². The van der Waals surface area contributed by atoms with Crippen LogP contribution in [0.4, 0.5) is 6.01 Å². The normalized spacial score (nSPS) is 24.1. The number of aliphatic hydroxyl groups excluding tert-OH is 1. The van der Waals surface area contributed by atoms with Crippen LogP contribution < -0.4 is 5.32 Å². The first kappa shape index (κ1) is 13.6. The van der Waals surface area contributed by atoms with Crippen molar-refractivity contribution in [1.82, 2.24) is 14.9 Å². The summed E-state index contributed by atoms with van der Waals surface area (Å²) in [6.07, 6.45) is 0.363. The molecule has 0 spiro atoms. The molecule has 2 aromatic rings. The van der Waals surface area contributed by atoms with Gasteiger partial charge in [-0.05, 0) is 25.1 Å². The van der Waals surface area contributed by atoms with Crippen LogP contribution in [0.25, 0.3) is 11.2 Å². The van der Waals surface area contributed by atoms with E-state index in [1.54, 1.807) is 12.1 Å². The van der Waals surface area contributed by atoms with Gasteiger partial charge in [0.25, 0.3) is 6.01 Å². The standard InChI is InChI=1S/C13H17ClN4O2/c1-2-18-6-8(5-9(19)7-18)15-13-17-12-10(20-13)3-4-11(14)16-12/h3-4,8-9,19H,2,5-7H2,1H3,(H,15,16,17)/t8-,9-/m1/s1. The molecule has 1 aliphatic rings. The summed E-state index contributed by atoms with van der Waals surface area (Å²) in [4.78, 5) is 10.6. The van der Waals surface area contributed by atoms with Gasteiger partial charge in [0.2, 0.25) is 5.65 Å². The Bertz CT molecular complexity index is 603. The van der Waals surface area contributed by atoms with Crippen molar-refractivity contribution in [3.8, 4) is 0 Å². The first-order chi connectivity index (χ1) is 9.64. The number of hydrogen-bond acceptors (Lipinski definition) is 6. The molecule has 0 radical (unpaired) electrons. The molecule has 0 unspecified atom stereocenters. The Kier molecular flexibility index (Phi) is 3.78.